The van der Waals surface area contributed by atoms with Crippen molar-refractivity contribution in [2.45, 2.75) is 6.61 Å². The highest BCUT2D eigenvalue weighted by atomic mass is 79.9. The van der Waals surface area contributed by atoms with E-state index in [0.717, 1.165) is 4.47 Å². The van der Waals surface area contributed by atoms with Gasteiger partial charge in [-0.1, -0.05) is 50.7 Å². The second kappa shape index (κ2) is 6.11. The second-order valence-corrected chi connectivity index (χ2v) is 5.54. The van der Waals surface area contributed by atoms with E-state index >= 15 is 0 Å². The highest BCUT2D eigenvalue weighted by Gasteiger charge is 2.07. The molecule has 0 bridgehead atoms. The quantitative estimate of drug-likeness (QED) is 0.679. The Morgan fingerprint density at radius 3 is 2.56 bits per heavy atom. The summed E-state index contributed by atoms with van der Waals surface area (Å²) in [6.45, 7) is 0.204. The summed E-state index contributed by atoms with van der Waals surface area (Å²) in [5.74, 6) is 0.559. The van der Waals surface area contributed by atoms with Crippen LogP contribution in [0.1, 0.15) is 5.69 Å². The van der Waals surface area contributed by atoms with Crippen molar-refractivity contribution in [1.29, 1.82) is 0 Å². The number of rotatable bonds is 3. The maximum absolute atomic E-state index is 6.01. The van der Waals surface area contributed by atoms with Gasteiger partial charge in [-0.2, -0.15) is 0 Å². The zero-order valence-corrected chi connectivity index (χ0v) is 12.8. The van der Waals surface area contributed by atoms with Crippen LogP contribution in [-0.4, -0.2) is 4.98 Å². The van der Waals surface area contributed by atoms with Gasteiger partial charge in [-0.3, -0.25) is 0 Å². The fraction of sp³-hybridized carbons (Fsp3) is 0.0833. The molecule has 0 unspecified atom stereocenters. The highest BCUT2D eigenvalue weighted by Crippen LogP contribution is 2.29. The molecule has 0 aliphatic carbocycles. The van der Waals surface area contributed by atoms with Crippen LogP contribution in [0.3, 0.4) is 0 Å². The van der Waals surface area contributed by atoms with Crippen LogP contribution in [0.2, 0.25) is 15.2 Å². The normalized spacial score (nSPS) is 10.4. The lowest BCUT2D eigenvalue weighted by atomic mass is 10.3. The summed E-state index contributed by atoms with van der Waals surface area (Å²) >= 11 is 21.1. The molecule has 0 atom stereocenters. The molecular formula is C12H7BrCl3NO. The molecule has 0 amide bonds. The van der Waals surface area contributed by atoms with Crippen LogP contribution < -0.4 is 4.74 Å². The average Bonchev–Trinajstić information content (AvgIpc) is 2.34. The van der Waals surface area contributed by atoms with Crippen molar-refractivity contribution in [3.63, 3.8) is 0 Å². The van der Waals surface area contributed by atoms with Gasteiger partial charge in [0, 0.05) is 4.47 Å². The van der Waals surface area contributed by atoms with E-state index in [9.17, 15) is 0 Å². The summed E-state index contributed by atoms with van der Waals surface area (Å²) in [7, 11) is 0. The first-order valence-corrected chi connectivity index (χ1v) is 6.88. The Bertz CT molecular complexity index is 526. The lowest BCUT2D eigenvalue weighted by molar-refractivity contribution is 0.301. The molecule has 0 aliphatic heterocycles. The van der Waals surface area contributed by atoms with Gasteiger partial charge in [0.05, 0.1) is 15.7 Å². The predicted octanol–water partition coefficient (Wildman–Crippen LogP) is 5.38. The molecule has 1 aromatic carbocycles. The minimum absolute atomic E-state index is 0.204. The fourth-order valence-corrected chi connectivity index (χ4v) is 2.13. The average molecular weight is 367 g/mol. The zero-order chi connectivity index (χ0) is 13.1. The first-order chi connectivity index (χ1) is 8.56. The molecule has 0 fully saturated rings. The second-order valence-electron chi connectivity index (χ2n) is 3.43. The molecule has 0 N–H and O–H groups in total. The van der Waals surface area contributed by atoms with Crippen molar-refractivity contribution in [2.75, 3.05) is 0 Å². The van der Waals surface area contributed by atoms with Gasteiger partial charge in [-0.05, 0) is 30.3 Å². The molecule has 0 spiro atoms. The number of ether oxygens (including phenoxy) is 1. The van der Waals surface area contributed by atoms with E-state index in [1.54, 1.807) is 24.3 Å². The topological polar surface area (TPSA) is 22.1 Å². The molecule has 0 radical (unpaired) electrons. The van der Waals surface area contributed by atoms with E-state index in [0.29, 0.717) is 26.6 Å². The molecule has 6 heteroatoms. The summed E-state index contributed by atoms with van der Waals surface area (Å²) in [6.07, 6.45) is 0. The number of aromatic nitrogens is 1. The third-order valence-corrected chi connectivity index (χ3v) is 3.50. The molecule has 2 rings (SSSR count). The Hall–Kier alpha value is -0.480. The standard InChI is InChI=1S/C12H7BrCl3NO/c13-7-1-2-9(15)11(5-7)18-6-10-8(14)3-4-12(16)17-10/h1-5H,6H2. The molecular weight excluding hydrogens is 360 g/mol. The Morgan fingerprint density at radius 2 is 1.78 bits per heavy atom. The monoisotopic (exact) mass is 365 g/mol. The van der Waals surface area contributed by atoms with Gasteiger partial charge < -0.3 is 4.74 Å². The predicted molar refractivity (Wildman–Crippen MR) is 77.7 cm³/mol. The van der Waals surface area contributed by atoms with Crippen LogP contribution in [0.4, 0.5) is 0 Å². The van der Waals surface area contributed by atoms with Gasteiger partial charge in [0.15, 0.2) is 0 Å². The Balaban J connectivity index is 2.16. The van der Waals surface area contributed by atoms with Crippen LogP contribution in [0, 0.1) is 0 Å². The zero-order valence-electron chi connectivity index (χ0n) is 8.96. The van der Waals surface area contributed by atoms with Gasteiger partial charge in [-0.15, -0.1) is 0 Å². The summed E-state index contributed by atoms with van der Waals surface area (Å²) in [6, 6.07) is 8.66. The van der Waals surface area contributed by atoms with Crippen LogP contribution in [-0.2, 0) is 6.61 Å². The molecule has 2 aromatic rings. The Morgan fingerprint density at radius 1 is 1.06 bits per heavy atom. The lowest BCUT2D eigenvalue weighted by Gasteiger charge is -2.09. The minimum atomic E-state index is 0.204. The van der Waals surface area contributed by atoms with E-state index in [2.05, 4.69) is 20.9 Å². The van der Waals surface area contributed by atoms with Crippen LogP contribution >= 0.6 is 50.7 Å². The molecule has 2 nitrogen and oxygen atoms in total. The van der Waals surface area contributed by atoms with Crippen molar-refractivity contribution in [2.24, 2.45) is 0 Å². The molecule has 94 valence electrons. The van der Waals surface area contributed by atoms with Crippen molar-refractivity contribution in [3.8, 4) is 5.75 Å². The Labute approximate surface area is 128 Å². The SMILES string of the molecule is Clc1ccc(Cl)c(COc2cc(Br)ccc2Cl)n1. The molecule has 0 aliphatic rings. The van der Waals surface area contributed by atoms with Crippen LogP contribution in [0.25, 0.3) is 0 Å². The molecule has 0 saturated heterocycles. The van der Waals surface area contributed by atoms with Crippen LogP contribution in [0.5, 0.6) is 5.75 Å². The number of pyridine rings is 1. The van der Waals surface area contributed by atoms with Gasteiger partial charge in [-0.25, -0.2) is 4.98 Å². The van der Waals surface area contributed by atoms with Crippen LogP contribution in [0.15, 0.2) is 34.8 Å². The van der Waals surface area contributed by atoms with Crippen molar-refractivity contribution < 1.29 is 4.74 Å². The summed E-state index contributed by atoms with van der Waals surface area (Å²) in [5.41, 5.74) is 0.570. The maximum Gasteiger partial charge on any atom is 0.139 e. The van der Waals surface area contributed by atoms with Gasteiger partial charge in [0.2, 0.25) is 0 Å². The van der Waals surface area contributed by atoms with Gasteiger partial charge in [0.1, 0.15) is 17.5 Å². The number of benzene rings is 1. The fourth-order valence-electron chi connectivity index (χ4n) is 1.29. The minimum Gasteiger partial charge on any atom is -0.486 e. The first-order valence-electron chi connectivity index (χ1n) is 4.95. The first kappa shape index (κ1) is 13.9. The largest absolute Gasteiger partial charge is 0.486 e. The van der Waals surface area contributed by atoms with E-state index in [-0.39, 0.29) is 6.61 Å². The van der Waals surface area contributed by atoms with Crippen molar-refractivity contribution in [3.05, 3.63) is 55.7 Å². The third-order valence-electron chi connectivity index (χ3n) is 2.14. The van der Waals surface area contributed by atoms with E-state index in [4.69, 9.17) is 39.5 Å². The smallest absolute Gasteiger partial charge is 0.139 e. The Kier molecular flexibility index (Phi) is 4.73. The summed E-state index contributed by atoms with van der Waals surface area (Å²) in [4.78, 5) is 4.09. The number of nitrogens with zero attached hydrogens (tertiary/aromatic N) is 1. The molecule has 1 heterocycles. The number of halogens is 4. The summed E-state index contributed by atoms with van der Waals surface area (Å²) in [5, 5.41) is 1.40. The maximum atomic E-state index is 6.01. The molecule has 18 heavy (non-hydrogen) atoms. The van der Waals surface area contributed by atoms with Gasteiger partial charge >= 0.3 is 0 Å². The van der Waals surface area contributed by atoms with E-state index in [1.165, 1.54) is 0 Å². The number of hydrogen-bond donors (Lipinski definition) is 0. The lowest BCUT2D eigenvalue weighted by Crippen LogP contribution is -2.00. The van der Waals surface area contributed by atoms with Crippen molar-refractivity contribution >= 4 is 50.7 Å². The third kappa shape index (κ3) is 3.51. The number of hydrogen-bond acceptors (Lipinski definition) is 2. The highest BCUT2D eigenvalue weighted by molar-refractivity contribution is 9.10. The molecule has 0 saturated carbocycles. The molecule has 1 aromatic heterocycles. The van der Waals surface area contributed by atoms with Crippen molar-refractivity contribution in [1.82, 2.24) is 4.98 Å². The van der Waals surface area contributed by atoms with Gasteiger partial charge in [0.25, 0.3) is 0 Å². The van der Waals surface area contributed by atoms with E-state index in [1.807, 2.05) is 6.07 Å². The summed E-state index contributed by atoms with van der Waals surface area (Å²) < 4.78 is 6.45. The van der Waals surface area contributed by atoms with E-state index < -0.39 is 0 Å².